The number of rotatable bonds is 5. The van der Waals surface area contributed by atoms with E-state index in [0.717, 1.165) is 11.1 Å². The van der Waals surface area contributed by atoms with Crippen molar-refractivity contribution < 1.29 is 14.3 Å². The van der Waals surface area contributed by atoms with Crippen molar-refractivity contribution >= 4 is 40.4 Å². The lowest BCUT2D eigenvalue weighted by atomic mass is 10.0. The van der Waals surface area contributed by atoms with Gasteiger partial charge in [0.15, 0.2) is 0 Å². The normalized spacial score (nSPS) is 13.7. The number of anilines is 2. The first-order chi connectivity index (χ1) is 14.9. The highest BCUT2D eigenvalue weighted by molar-refractivity contribution is 6.46. The lowest BCUT2D eigenvalue weighted by Gasteiger charge is -2.16. The summed E-state index contributed by atoms with van der Waals surface area (Å²) >= 11 is 6.16. The van der Waals surface area contributed by atoms with E-state index < -0.39 is 11.8 Å². The van der Waals surface area contributed by atoms with Crippen LogP contribution in [-0.2, 0) is 9.59 Å². The van der Waals surface area contributed by atoms with Gasteiger partial charge in [0.25, 0.3) is 11.8 Å². The lowest BCUT2D eigenvalue weighted by Crippen LogP contribution is -2.32. The zero-order valence-corrected chi connectivity index (χ0v) is 18.2. The summed E-state index contributed by atoms with van der Waals surface area (Å²) in [7, 11) is 1.54. The van der Waals surface area contributed by atoms with Crippen LogP contribution < -0.4 is 15.0 Å². The monoisotopic (exact) mass is 432 g/mol. The number of amides is 2. The Morgan fingerprint density at radius 3 is 2.35 bits per heavy atom. The third-order valence-corrected chi connectivity index (χ3v) is 5.43. The summed E-state index contributed by atoms with van der Waals surface area (Å²) in [6.45, 7) is 3.88. The van der Waals surface area contributed by atoms with Gasteiger partial charge in [-0.15, -0.1) is 0 Å². The van der Waals surface area contributed by atoms with Gasteiger partial charge in [-0.3, -0.25) is 9.59 Å². The number of nitrogens with zero attached hydrogens (tertiary/aromatic N) is 1. The molecule has 0 bridgehead atoms. The molecule has 0 fully saturated rings. The molecular weight excluding hydrogens is 412 g/mol. The van der Waals surface area contributed by atoms with Crippen molar-refractivity contribution in [3.8, 4) is 5.75 Å². The molecule has 0 saturated heterocycles. The van der Waals surface area contributed by atoms with Crippen LogP contribution in [0.2, 0.25) is 5.02 Å². The third kappa shape index (κ3) is 3.92. The van der Waals surface area contributed by atoms with Crippen molar-refractivity contribution in [2.45, 2.75) is 13.8 Å². The van der Waals surface area contributed by atoms with E-state index in [0.29, 0.717) is 33.3 Å². The molecule has 6 heteroatoms. The van der Waals surface area contributed by atoms with Crippen LogP contribution in [0.15, 0.2) is 72.4 Å². The maximum absolute atomic E-state index is 13.5. The van der Waals surface area contributed by atoms with Crippen LogP contribution in [0.25, 0.3) is 5.57 Å². The topological polar surface area (TPSA) is 58.6 Å². The van der Waals surface area contributed by atoms with E-state index in [1.807, 2.05) is 44.2 Å². The molecule has 3 aromatic carbocycles. The largest absolute Gasteiger partial charge is 0.497 e. The van der Waals surface area contributed by atoms with Gasteiger partial charge in [0, 0.05) is 16.8 Å². The van der Waals surface area contributed by atoms with Crippen molar-refractivity contribution in [1.29, 1.82) is 0 Å². The molecule has 1 aliphatic rings. The fourth-order valence-corrected chi connectivity index (χ4v) is 3.65. The van der Waals surface area contributed by atoms with Crippen LogP contribution in [0.3, 0.4) is 0 Å². The number of hydrogen-bond donors (Lipinski definition) is 1. The summed E-state index contributed by atoms with van der Waals surface area (Å²) in [5.74, 6) is -0.278. The first-order valence-electron chi connectivity index (χ1n) is 9.76. The molecule has 1 heterocycles. The second-order valence-corrected chi connectivity index (χ2v) is 7.78. The summed E-state index contributed by atoms with van der Waals surface area (Å²) in [4.78, 5) is 28.1. The molecule has 0 aromatic heterocycles. The van der Waals surface area contributed by atoms with Crippen molar-refractivity contribution in [3.63, 3.8) is 0 Å². The van der Waals surface area contributed by atoms with Crippen LogP contribution in [0, 0.1) is 13.8 Å². The fourth-order valence-electron chi connectivity index (χ4n) is 3.48. The Kier molecular flexibility index (Phi) is 5.53. The second-order valence-electron chi connectivity index (χ2n) is 7.35. The van der Waals surface area contributed by atoms with Gasteiger partial charge in [0.1, 0.15) is 11.4 Å². The first-order valence-corrected chi connectivity index (χ1v) is 10.1. The Bertz CT molecular complexity index is 1220. The van der Waals surface area contributed by atoms with E-state index in [1.54, 1.807) is 36.4 Å². The molecule has 0 spiro atoms. The number of aryl methyl sites for hydroxylation is 2. The lowest BCUT2D eigenvalue weighted by molar-refractivity contribution is -0.120. The number of imide groups is 1. The number of carbonyl (C=O) groups is 2. The highest BCUT2D eigenvalue weighted by Gasteiger charge is 2.40. The molecule has 1 N–H and O–H groups in total. The molecule has 0 aliphatic carbocycles. The quantitative estimate of drug-likeness (QED) is 0.551. The van der Waals surface area contributed by atoms with E-state index in [9.17, 15) is 9.59 Å². The standard InChI is InChI=1S/C25H21ClN2O3/c1-15-7-10-17(11-8-15)22-23(27-21-13-18(26)12-9-16(21)2)25(30)28(24(22)29)19-5-4-6-20(14-19)31-3/h4-14,27H,1-3H3. The Labute approximate surface area is 185 Å². The van der Waals surface area contributed by atoms with Gasteiger partial charge in [-0.2, -0.15) is 0 Å². The van der Waals surface area contributed by atoms with Crippen LogP contribution in [-0.4, -0.2) is 18.9 Å². The van der Waals surface area contributed by atoms with Gasteiger partial charge in [-0.25, -0.2) is 4.90 Å². The first kappa shape index (κ1) is 20.7. The number of nitrogens with one attached hydrogen (secondary N) is 1. The molecule has 156 valence electrons. The van der Waals surface area contributed by atoms with Crippen LogP contribution in [0.4, 0.5) is 11.4 Å². The van der Waals surface area contributed by atoms with Crippen LogP contribution >= 0.6 is 11.6 Å². The minimum Gasteiger partial charge on any atom is -0.497 e. The second kappa shape index (κ2) is 8.28. The zero-order chi connectivity index (χ0) is 22.1. The van der Waals surface area contributed by atoms with Crippen LogP contribution in [0.5, 0.6) is 5.75 Å². The molecule has 0 saturated carbocycles. The molecule has 0 unspecified atom stereocenters. The van der Waals surface area contributed by atoms with Crippen molar-refractivity contribution in [1.82, 2.24) is 0 Å². The van der Waals surface area contributed by atoms with E-state index in [-0.39, 0.29) is 5.70 Å². The molecule has 1 aliphatic heterocycles. The van der Waals surface area contributed by atoms with E-state index in [4.69, 9.17) is 16.3 Å². The van der Waals surface area contributed by atoms with Gasteiger partial charge >= 0.3 is 0 Å². The minimum atomic E-state index is -0.437. The molecule has 5 nitrogen and oxygen atoms in total. The summed E-state index contributed by atoms with van der Waals surface area (Å²) in [5, 5.41) is 3.71. The molecule has 3 aromatic rings. The summed E-state index contributed by atoms with van der Waals surface area (Å²) in [5.41, 5.74) is 4.26. The van der Waals surface area contributed by atoms with Crippen LogP contribution in [0.1, 0.15) is 16.7 Å². The van der Waals surface area contributed by atoms with E-state index in [1.165, 1.54) is 12.0 Å². The van der Waals surface area contributed by atoms with E-state index in [2.05, 4.69) is 5.32 Å². The summed E-state index contributed by atoms with van der Waals surface area (Å²) < 4.78 is 5.27. The number of hydrogen-bond acceptors (Lipinski definition) is 4. The predicted molar refractivity (Wildman–Crippen MR) is 123 cm³/mol. The van der Waals surface area contributed by atoms with Gasteiger partial charge in [0.05, 0.1) is 18.4 Å². The number of ether oxygens (including phenoxy) is 1. The Hall–Kier alpha value is -3.57. The van der Waals surface area contributed by atoms with Crippen molar-refractivity contribution in [2.75, 3.05) is 17.3 Å². The summed E-state index contributed by atoms with van der Waals surface area (Å²) in [6, 6.07) is 19.8. The van der Waals surface area contributed by atoms with Gasteiger partial charge < -0.3 is 10.1 Å². The molecule has 0 atom stereocenters. The number of carbonyl (C=O) groups excluding carboxylic acids is 2. The molecular formula is C25H21ClN2O3. The summed E-state index contributed by atoms with van der Waals surface area (Å²) in [6.07, 6.45) is 0. The Morgan fingerprint density at radius 2 is 1.65 bits per heavy atom. The molecule has 0 radical (unpaired) electrons. The molecule has 4 rings (SSSR count). The van der Waals surface area contributed by atoms with Crippen molar-refractivity contribution in [2.24, 2.45) is 0 Å². The third-order valence-electron chi connectivity index (χ3n) is 5.19. The van der Waals surface area contributed by atoms with Crippen molar-refractivity contribution in [3.05, 3.63) is 94.1 Å². The molecule has 2 amide bonds. The van der Waals surface area contributed by atoms with Gasteiger partial charge in [-0.1, -0.05) is 53.6 Å². The smallest absolute Gasteiger partial charge is 0.282 e. The maximum atomic E-state index is 13.5. The average Bonchev–Trinajstić information content (AvgIpc) is 3.01. The number of benzene rings is 3. The van der Waals surface area contributed by atoms with Gasteiger partial charge in [-0.05, 0) is 49.2 Å². The zero-order valence-electron chi connectivity index (χ0n) is 17.4. The SMILES string of the molecule is COc1cccc(N2C(=O)C(Nc3cc(Cl)ccc3C)=C(c3ccc(C)cc3)C2=O)c1. The fraction of sp³-hybridized carbons (Fsp3) is 0.120. The predicted octanol–water partition coefficient (Wildman–Crippen LogP) is 5.36. The van der Waals surface area contributed by atoms with E-state index >= 15 is 0 Å². The highest BCUT2D eigenvalue weighted by atomic mass is 35.5. The Balaban J connectivity index is 1.84. The average molecular weight is 433 g/mol. The number of methoxy groups -OCH3 is 1. The van der Waals surface area contributed by atoms with Gasteiger partial charge in [0.2, 0.25) is 0 Å². The highest BCUT2D eigenvalue weighted by Crippen LogP contribution is 2.35. The molecule has 31 heavy (non-hydrogen) atoms. The minimum absolute atomic E-state index is 0.210. The number of halogens is 1. The maximum Gasteiger partial charge on any atom is 0.282 e. The Morgan fingerprint density at radius 1 is 0.903 bits per heavy atom.